The summed E-state index contributed by atoms with van der Waals surface area (Å²) in [5.74, 6) is -1.53. The van der Waals surface area contributed by atoms with Gasteiger partial charge in [-0.05, 0) is 13.0 Å². The quantitative estimate of drug-likeness (QED) is 0.789. The van der Waals surface area contributed by atoms with Crippen LogP contribution < -0.4 is 9.47 Å². The third-order valence-electron chi connectivity index (χ3n) is 3.86. The van der Waals surface area contributed by atoms with Crippen molar-refractivity contribution in [3.8, 4) is 23.0 Å². The second-order valence-corrected chi connectivity index (χ2v) is 5.15. The van der Waals surface area contributed by atoms with E-state index in [0.29, 0.717) is 0 Å². The summed E-state index contributed by atoms with van der Waals surface area (Å²) in [6, 6.07) is 1.39. The molecule has 2 rings (SSSR count). The molecular formula is C17H18O7. The van der Waals surface area contributed by atoms with Crippen LogP contribution in [0.5, 0.6) is 23.0 Å². The normalized spacial score (nSPS) is 14.6. The van der Waals surface area contributed by atoms with Crippen molar-refractivity contribution in [2.45, 2.75) is 13.3 Å². The molecule has 0 saturated carbocycles. The Bertz CT molecular complexity index is 772. The van der Waals surface area contributed by atoms with Crippen LogP contribution in [0.1, 0.15) is 12.5 Å². The summed E-state index contributed by atoms with van der Waals surface area (Å²) >= 11 is 0. The van der Waals surface area contributed by atoms with Gasteiger partial charge in [0.25, 0.3) is 0 Å². The van der Waals surface area contributed by atoms with Gasteiger partial charge in [0.2, 0.25) is 17.3 Å². The molecule has 0 aromatic heterocycles. The van der Waals surface area contributed by atoms with Gasteiger partial charge >= 0.3 is 0 Å². The Labute approximate surface area is 138 Å². The van der Waals surface area contributed by atoms with Gasteiger partial charge in [0, 0.05) is 29.2 Å². The van der Waals surface area contributed by atoms with Crippen LogP contribution in [-0.4, -0.2) is 43.1 Å². The lowest BCUT2D eigenvalue weighted by molar-refractivity contribution is -0.118. The van der Waals surface area contributed by atoms with Gasteiger partial charge < -0.3 is 24.4 Å². The van der Waals surface area contributed by atoms with E-state index >= 15 is 0 Å². The third kappa shape index (κ3) is 2.80. The van der Waals surface area contributed by atoms with Crippen molar-refractivity contribution in [1.82, 2.24) is 0 Å². The van der Waals surface area contributed by atoms with Gasteiger partial charge in [-0.1, -0.05) is 0 Å². The molecule has 0 unspecified atom stereocenters. The van der Waals surface area contributed by atoms with Crippen molar-refractivity contribution in [1.29, 1.82) is 0 Å². The maximum atomic E-state index is 12.3. The highest BCUT2D eigenvalue weighted by Gasteiger charge is 2.28. The maximum absolute atomic E-state index is 12.3. The molecule has 0 aliphatic heterocycles. The number of carbonyl (C=O) groups is 2. The fraction of sp³-hybridized carbons (Fsp3) is 0.294. The lowest BCUT2D eigenvalue weighted by Gasteiger charge is -2.18. The smallest absolute Gasteiger partial charge is 0.223 e. The molecule has 0 amide bonds. The predicted molar refractivity (Wildman–Crippen MR) is 84.4 cm³/mol. The van der Waals surface area contributed by atoms with Gasteiger partial charge in [0.05, 0.1) is 21.3 Å². The van der Waals surface area contributed by atoms with Crippen molar-refractivity contribution in [3.05, 3.63) is 34.6 Å². The van der Waals surface area contributed by atoms with Gasteiger partial charge in [-0.3, -0.25) is 9.59 Å². The molecule has 0 radical (unpaired) electrons. The molecule has 7 heteroatoms. The molecule has 7 nitrogen and oxygen atoms in total. The zero-order valence-electron chi connectivity index (χ0n) is 13.8. The standard InChI is InChI=1S/C17H18O7/c1-8-10(11(18)7-13(23-3)14(8)19)5-9-6-12(22-2)16(21)17(24-4)15(9)20/h6-7,20-21H,5H2,1-4H3. The second kappa shape index (κ2) is 6.66. The molecule has 0 heterocycles. The lowest BCUT2D eigenvalue weighted by atomic mass is 9.89. The van der Waals surface area contributed by atoms with Crippen LogP contribution in [-0.2, 0) is 20.7 Å². The predicted octanol–water partition coefficient (Wildman–Crippen LogP) is 1.66. The summed E-state index contributed by atoms with van der Waals surface area (Å²) in [5.41, 5.74) is 0.752. The molecule has 1 aromatic carbocycles. The molecular weight excluding hydrogens is 316 g/mol. The van der Waals surface area contributed by atoms with Crippen molar-refractivity contribution < 1.29 is 34.0 Å². The number of allylic oxidation sites excluding steroid dienone is 3. The molecule has 0 atom stereocenters. The number of hydrogen-bond donors (Lipinski definition) is 2. The molecule has 0 saturated heterocycles. The highest BCUT2D eigenvalue weighted by Crippen LogP contribution is 2.46. The van der Waals surface area contributed by atoms with Crippen molar-refractivity contribution >= 4 is 11.6 Å². The molecule has 0 fully saturated rings. The minimum atomic E-state index is -0.385. The SMILES string of the molecule is COC1=CC(=O)C(Cc2cc(OC)c(O)c(OC)c2O)=C(C)C1=O. The summed E-state index contributed by atoms with van der Waals surface area (Å²) in [6.45, 7) is 1.52. The number of benzene rings is 1. The van der Waals surface area contributed by atoms with E-state index in [1.54, 1.807) is 0 Å². The zero-order valence-corrected chi connectivity index (χ0v) is 13.8. The van der Waals surface area contributed by atoms with Crippen LogP contribution in [0.4, 0.5) is 0 Å². The number of ether oxygens (including phenoxy) is 3. The van der Waals surface area contributed by atoms with Gasteiger partial charge in [-0.15, -0.1) is 0 Å². The fourth-order valence-electron chi connectivity index (χ4n) is 2.49. The van der Waals surface area contributed by atoms with Crippen LogP contribution in [0.15, 0.2) is 29.0 Å². The molecule has 24 heavy (non-hydrogen) atoms. The van der Waals surface area contributed by atoms with E-state index in [-0.39, 0.29) is 63.5 Å². The van der Waals surface area contributed by atoms with Crippen LogP contribution in [0.25, 0.3) is 0 Å². The number of hydrogen-bond acceptors (Lipinski definition) is 7. The summed E-state index contributed by atoms with van der Waals surface area (Å²) in [6.07, 6.45) is 1.10. The average molecular weight is 334 g/mol. The zero-order chi connectivity index (χ0) is 18.0. The molecule has 1 aliphatic rings. The van der Waals surface area contributed by atoms with E-state index < -0.39 is 0 Å². The lowest BCUT2D eigenvalue weighted by Crippen LogP contribution is -2.20. The van der Waals surface area contributed by atoms with E-state index in [1.165, 1.54) is 34.3 Å². The number of phenols is 2. The molecule has 128 valence electrons. The number of Topliss-reactive ketones (excluding diaryl/α,β-unsaturated/α-hetero) is 1. The average Bonchev–Trinajstić information content (AvgIpc) is 2.57. The molecule has 1 aromatic rings. The Balaban J connectivity index is 2.50. The summed E-state index contributed by atoms with van der Waals surface area (Å²) in [7, 11) is 3.95. The van der Waals surface area contributed by atoms with Crippen molar-refractivity contribution in [2.24, 2.45) is 0 Å². The van der Waals surface area contributed by atoms with Crippen LogP contribution in [0.2, 0.25) is 0 Å². The summed E-state index contributed by atoms with van der Waals surface area (Å²) < 4.78 is 14.9. The number of methoxy groups -OCH3 is 3. The van der Waals surface area contributed by atoms with E-state index in [4.69, 9.17) is 14.2 Å². The van der Waals surface area contributed by atoms with Crippen molar-refractivity contribution in [2.75, 3.05) is 21.3 Å². The van der Waals surface area contributed by atoms with Crippen LogP contribution in [0, 0.1) is 0 Å². The minimum absolute atomic E-state index is 0.0219. The van der Waals surface area contributed by atoms with Crippen molar-refractivity contribution in [3.63, 3.8) is 0 Å². The number of carbonyl (C=O) groups excluding carboxylic acids is 2. The molecule has 1 aliphatic carbocycles. The highest BCUT2D eigenvalue weighted by atomic mass is 16.5. The van der Waals surface area contributed by atoms with E-state index in [1.807, 2.05) is 0 Å². The number of ketones is 2. The molecule has 0 spiro atoms. The van der Waals surface area contributed by atoms with E-state index in [9.17, 15) is 19.8 Å². The van der Waals surface area contributed by atoms with Gasteiger partial charge in [0.15, 0.2) is 23.0 Å². The Morgan fingerprint density at radius 3 is 2.21 bits per heavy atom. The van der Waals surface area contributed by atoms with Gasteiger partial charge in [-0.25, -0.2) is 0 Å². The van der Waals surface area contributed by atoms with Crippen LogP contribution in [0.3, 0.4) is 0 Å². The van der Waals surface area contributed by atoms with E-state index in [0.717, 1.165) is 6.08 Å². The highest BCUT2D eigenvalue weighted by molar-refractivity contribution is 6.21. The van der Waals surface area contributed by atoms with Crippen LogP contribution >= 0.6 is 0 Å². The molecule has 2 N–H and O–H groups in total. The maximum Gasteiger partial charge on any atom is 0.223 e. The fourth-order valence-corrected chi connectivity index (χ4v) is 2.49. The Kier molecular flexibility index (Phi) is 4.82. The summed E-state index contributed by atoms with van der Waals surface area (Å²) in [4.78, 5) is 24.4. The largest absolute Gasteiger partial charge is 0.504 e. The number of rotatable bonds is 5. The van der Waals surface area contributed by atoms with Gasteiger partial charge in [0.1, 0.15) is 0 Å². The minimum Gasteiger partial charge on any atom is -0.504 e. The monoisotopic (exact) mass is 334 g/mol. The first-order chi connectivity index (χ1) is 11.3. The number of aromatic hydroxyl groups is 2. The Morgan fingerprint density at radius 1 is 1.00 bits per heavy atom. The third-order valence-corrected chi connectivity index (χ3v) is 3.86. The molecule has 0 bridgehead atoms. The topological polar surface area (TPSA) is 102 Å². The summed E-state index contributed by atoms with van der Waals surface area (Å²) in [5, 5.41) is 20.2. The Morgan fingerprint density at radius 2 is 1.67 bits per heavy atom. The second-order valence-electron chi connectivity index (χ2n) is 5.15. The van der Waals surface area contributed by atoms with Gasteiger partial charge in [-0.2, -0.15) is 0 Å². The van der Waals surface area contributed by atoms with E-state index in [2.05, 4.69) is 0 Å². The number of phenolic OH excluding ortho intramolecular Hbond substituents is 2. The first kappa shape index (κ1) is 17.4. The first-order valence-electron chi connectivity index (χ1n) is 7.05. The first-order valence-corrected chi connectivity index (χ1v) is 7.05. The Hall–Kier alpha value is -2.96.